The van der Waals surface area contributed by atoms with Gasteiger partial charge in [-0.2, -0.15) is 13.2 Å². The molecule has 21 heavy (non-hydrogen) atoms. The molecule has 0 atom stereocenters. The van der Waals surface area contributed by atoms with Gasteiger partial charge in [-0.15, -0.1) is 0 Å². The Kier molecular flexibility index (Phi) is 4.84. The van der Waals surface area contributed by atoms with Crippen LogP contribution in [0.5, 0.6) is 11.5 Å². The number of halogens is 5. The molecule has 0 heterocycles. The summed E-state index contributed by atoms with van der Waals surface area (Å²) in [6, 6.07) is 8.82. The number of rotatable bonds is 3. The summed E-state index contributed by atoms with van der Waals surface area (Å²) in [7, 11) is 0. The SMILES string of the molecule is Cc1ccc(Cl)cc1Oc1ccc(CBr)cc1C(F)(F)F. The molecular formula is C15H11BrClF3O. The van der Waals surface area contributed by atoms with Gasteiger partial charge in [-0.3, -0.25) is 0 Å². The van der Waals surface area contributed by atoms with Crippen LogP contribution in [-0.4, -0.2) is 0 Å². The van der Waals surface area contributed by atoms with E-state index in [1.54, 1.807) is 25.1 Å². The molecule has 0 aliphatic rings. The molecule has 0 unspecified atom stereocenters. The second kappa shape index (κ2) is 6.28. The van der Waals surface area contributed by atoms with Gasteiger partial charge < -0.3 is 4.74 Å². The Morgan fingerprint density at radius 3 is 2.43 bits per heavy atom. The average Bonchev–Trinajstić information content (AvgIpc) is 2.42. The zero-order valence-corrected chi connectivity index (χ0v) is 13.3. The van der Waals surface area contributed by atoms with Gasteiger partial charge in [0.15, 0.2) is 0 Å². The summed E-state index contributed by atoms with van der Waals surface area (Å²) in [6.45, 7) is 1.74. The molecular weight excluding hydrogens is 369 g/mol. The monoisotopic (exact) mass is 378 g/mol. The Balaban J connectivity index is 2.46. The predicted molar refractivity (Wildman–Crippen MR) is 80.3 cm³/mol. The van der Waals surface area contributed by atoms with Crippen molar-refractivity contribution in [1.82, 2.24) is 0 Å². The van der Waals surface area contributed by atoms with Gasteiger partial charge in [-0.25, -0.2) is 0 Å². The second-order valence-electron chi connectivity index (χ2n) is 4.47. The van der Waals surface area contributed by atoms with E-state index in [0.29, 0.717) is 27.2 Å². The molecule has 0 fully saturated rings. The number of benzene rings is 2. The highest BCUT2D eigenvalue weighted by atomic mass is 79.9. The van der Waals surface area contributed by atoms with Crippen LogP contribution in [0.4, 0.5) is 13.2 Å². The van der Waals surface area contributed by atoms with Crippen molar-refractivity contribution >= 4 is 27.5 Å². The van der Waals surface area contributed by atoms with Crippen molar-refractivity contribution in [3.05, 3.63) is 58.1 Å². The number of hydrogen-bond acceptors (Lipinski definition) is 1. The Hall–Kier alpha value is -1.20. The van der Waals surface area contributed by atoms with Crippen molar-refractivity contribution in [3.63, 3.8) is 0 Å². The first-order chi connectivity index (χ1) is 9.81. The molecule has 0 saturated heterocycles. The van der Waals surface area contributed by atoms with Crippen LogP contribution in [0.3, 0.4) is 0 Å². The lowest BCUT2D eigenvalue weighted by Crippen LogP contribution is -2.08. The fraction of sp³-hybridized carbons (Fsp3) is 0.200. The largest absolute Gasteiger partial charge is 0.456 e. The number of ether oxygens (including phenoxy) is 1. The summed E-state index contributed by atoms with van der Waals surface area (Å²) in [5.41, 5.74) is 0.424. The van der Waals surface area contributed by atoms with Crippen LogP contribution in [0.2, 0.25) is 5.02 Å². The van der Waals surface area contributed by atoms with Gasteiger partial charge in [0.25, 0.3) is 0 Å². The van der Waals surface area contributed by atoms with Gasteiger partial charge in [-0.1, -0.05) is 39.7 Å². The highest BCUT2D eigenvalue weighted by Crippen LogP contribution is 2.40. The lowest BCUT2D eigenvalue weighted by atomic mass is 10.1. The van der Waals surface area contributed by atoms with Crippen molar-refractivity contribution in [2.75, 3.05) is 0 Å². The molecule has 0 radical (unpaired) electrons. The van der Waals surface area contributed by atoms with E-state index in [4.69, 9.17) is 16.3 Å². The summed E-state index contributed by atoms with van der Waals surface area (Å²) in [4.78, 5) is 0. The molecule has 0 N–H and O–H groups in total. The van der Waals surface area contributed by atoms with E-state index < -0.39 is 11.7 Å². The molecule has 1 nitrogen and oxygen atoms in total. The third-order valence-corrected chi connectivity index (χ3v) is 3.76. The van der Waals surface area contributed by atoms with Crippen LogP contribution in [0.25, 0.3) is 0 Å². The number of hydrogen-bond donors (Lipinski definition) is 0. The van der Waals surface area contributed by atoms with E-state index in [1.165, 1.54) is 12.1 Å². The molecule has 0 bridgehead atoms. The maximum atomic E-state index is 13.1. The molecule has 112 valence electrons. The third-order valence-electron chi connectivity index (χ3n) is 2.87. The van der Waals surface area contributed by atoms with Crippen LogP contribution < -0.4 is 4.74 Å². The minimum atomic E-state index is -4.49. The van der Waals surface area contributed by atoms with E-state index in [1.807, 2.05) is 0 Å². The van der Waals surface area contributed by atoms with E-state index >= 15 is 0 Å². The van der Waals surface area contributed by atoms with Crippen molar-refractivity contribution < 1.29 is 17.9 Å². The first kappa shape index (κ1) is 16.2. The molecule has 2 rings (SSSR count). The van der Waals surface area contributed by atoms with Crippen molar-refractivity contribution in [2.24, 2.45) is 0 Å². The maximum absolute atomic E-state index is 13.1. The lowest BCUT2D eigenvalue weighted by Gasteiger charge is -2.16. The summed E-state index contributed by atoms with van der Waals surface area (Å²) in [6.07, 6.45) is -4.49. The van der Waals surface area contributed by atoms with Gasteiger partial charge in [0.1, 0.15) is 11.5 Å². The molecule has 0 aliphatic heterocycles. The Morgan fingerprint density at radius 1 is 1.10 bits per heavy atom. The van der Waals surface area contributed by atoms with Crippen LogP contribution in [0.15, 0.2) is 36.4 Å². The minimum Gasteiger partial charge on any atom is -0.456 e. The first-order valence-corrected chi connectivity index (χ1v) is 7.51. The van der Waals surface area contributed by atoms with Gasteiger partial charge in [-0.05, 0) is 42.3 Å². The molecule has 0 amide bonds. The predicted octanol–water partition coefficient (Wildman–Crippen LogP) is 6.35. The Labute approximate surface area is 133 Å². The van der Waals surface area contributed by atoms with Crippen molar-refractivity contribution in [3.8, 4) is 11.5 Å². The van der Waals surface area contributed by atoms with E-state index in [0.717, 1.165) is 6.07 Å². The topological polar surface area (TPSA) is 9.23 Å². The van der Waals surface area contributed by atoms with Crippen LogP contribution >= 0.6 is 27.5 Å². The van der Waals surface area contributed by atoms with Gasteiger partial charge in [0, 0.05) is 10.4 Å². The highest BCUT2D eigenvalue weighted by Gasteiger charge is 2.35. The Bertz CT molecular complexity index is 656. The van der Waals surface area contributed by atoms with E-state index in [-0.39, 0.29) is 5.75 Å². The van der Waals surface area contributed by atoms with E-state index in [2.05, 4.69) is 15.9 Å². The molecule has 0 saturated carbocycles. The molecule has 2 aromatic rings. The third kappa shape index (κ3) is 3.92. The average molecular weight is 380 g/mol. The van der Waals surface area contributed by atoms with Gasteiger partial charge in [0.05, 0.1) is 5.56 Å². The standard InChI is InChI=1S/C15H11BrClF3O/c1-9-2-4-11(17)7-14(9)21-13-5-3-10(8-16)6-12(13)15(18,19)20/h2-7H,8H2,1H3. The second-order valence-corrected chi connectivity index (χ2v) is 5.47. The number of alkyl halides is 4. The quantitative estimate of drug-likeness (QED) is 0.564. The smallest absolute Gasteiger partial charge is 0.419 e. The summed E-state index contributed by atoms with van der Waals surface area (Å²) in [5.74, 6) is 0.0668. The molecule has 6 heteroatoms. The van der Waals surface area contributed by atoms with Gasteiger partial charge in [0.2, 0.25) is 0 Å². The Morgan fingerprint density at radius 2 is 1.81 bits per heavy atom. The maximum Gasteiger partial charge on any atom is 0.419 e. The first-order valence-electron chi connectivity index (χ1n) is 6.01. The van der Waals surface area contributed by atoms with Crippen LogP contribution in [0.1, 0.15) is 16.7 Å². The highest BCUT2D eigenvalue weighted by molar-refractivity contribution is 9.08. The van der Waals surface area contributed by atoms with Crippen molar-refractivity contribution in [1.29, 1.82) is 0 Å². The summed E-state index contributed by atoms with van der Waals surface area (Å²) >= 11 is 9.00. The zero-order chi connectivity index (χ0) is 15.6. The minimum absolute atomic E-state index is 0.238. The number of aryl methyl sites for hydroxylation is 1. The summed E-state index contributed by atoms with van der Waals surface area (Å²) < 4.78 is 44.8. The van der Waals surface area contributed by atoms with Crippen LogP contribution in [-0.2, 0) is 11.5 Å². The fourth-order valence-electron chi connectivity index (χ4n) is 1.77. The molecule has 0 aliphatic carbocycles. The van der Waals surface area contributed by atoms with Crippen molar-refractivity contribution in [2.45, 2.75) is 18.4 Å². The van der Waals surface area contributed by atoms with E-state index in [9.17, 15) is 13.2 Å². The van der Waals surface area contributed by atoms with Gasteiger partial charge >= 0.3 is 6.18 Å². The van der Waals surface area contributed by atoms with Crippen LogP contribution in [0, 0.1) is 6.92 Å². The molecule has 0 aromatic heterocycles. The zero-order valence-electron chi connectivity index (χ0n) is 11.0. The molecule has 2 aromatic carbocycles. The molecule has 0 spiro atoms. The fourth-order valence-corrected chi connectivity index (χ4v) is 2.28. The lowest BCUT2D eigenvalue weighted by molar-refractivity contribution is -0.138. The summed E-state index contributed by atoms with van der Waals surface area (Å²) in [5, 5.41) is 0.744. The normalized spacial score (nSPS) is 11.5.